The molecule has 0 atom stereocenters. The van der Waals surface area contributed by atoms with Gasteiger partial charge in [0, 0.05) is 31.9 Å². The van der Waals surface area contributed by atoms with Gasteiger partial charge in [0.25, 0.3) is 5.95 Å². The zero-order valence-electron chi connectivity index (χ0n) is 18.8. The smallest absolute Gasteiger partial charge is 0.258 e. The summed E-state index contributed by atoms with van der Waals surface area (Å²) in [6.07, 6.45) is 8.93. The molecular formula is C23H30N8OS. The average Bonchev–Trinajstić information content (AvgIpc) is 3.37. The number of piperidine rings is 2. The molecule has 9 nitrogen and oxygen atoms in total. The third-order valence-electron chi connectivity index (χ3n) is 5.88. The number of thioether (sulfide) groups is 1. The summed E-state index contributed by atoms with van der Waals surface area (Å²) in [4.78, 5) is 23.4. The lowest BCUT2D eigenvalue weighted by molar-refractivity contribution is 0.344. The van der Waals surface area contributed by atoms with E-state index in [1.54, 1.807) is 22.8 Å². The maximum absolute atomic E-state index is 5.76. The molecule has 0 N–H and O–H groups in total. The fourth-order valence-electron chi connectivity index (χ4n) is 4.14. The van der Waals surface area contributed by atoms with Crippen molar-refractivity contribution < 1.29 is 4.74 Å². The number of rotatable bonds is 8. The summed E-state index contributed by atoms with van der Waals surface area (Å²) >= 11 is 1.56. The summed E-state index contributed by atoms with van der Waals surface area (Å²) in [5, 5.41) is 5.31. The number of hydrogen-bond acceptors (Lipinski definition) is 9. The van der Waals surface area contributed by atoms with Crippen molar-refractivity contribution >= 4 is 23.7 Å². The molecule has 2 fully saturated rings. The van der Waals surface area contributed by atoms with Crippen LogP contribution in [0.3, 0.4) is 0 Å². The van der Waals surface area contributed by atoms with Gasteiger partial charge in [0.05, 0.1) is 6.61 Å². The van der Waals surface area contributed by atoms with Crippen LogP contribution < -0.4 is 14.5 Å². The van der Waals surface area contributed by atoms with E-state index in [0.29, 0.717) is 17.7 Å². The van der Waals surface area contributed by atoms with E-state index in [2.05, 4.69) is 19.9 Å². The van der Waals surface area contributed by atoms with Crippen molar-refractivity contribution in [3.63, 3.8) is 0 Å². The molecule has 0 spiro atoms. The molecule has 0 saturated carbocycles. The van der Waals surface area contributed by atoms with Gasteiger partial charge in [0.2, 0.25) is 17.1 Å². The highest BCUT2D eigenvalue weighted by atomic mass is 32.2. The van der Waals surface area contributed by atoms with Crippen molar-refractivity contribution in [1.29, 1.82) is 0 Å². The molecule has 5 rings (SSSR count). The minimum atomic E-state index is 0.533. The average molecular weight is 467 g/mol. The molecule has 2 aliphatic rings. The van der Waals surface area contributed by atoms with Crippen LogP contribution in [-0.2, 0) is 0 Å². The van der Waals surface area contributed by atoms with E-state index in [9.17, 15) is 0 Å². The monoisotopic (exact) mass is 466 g/mol. The SMILES string of the molecule is c1ccc(OCCSc2ncn(-c3nc(N4CCCCC4)nc(N4CCCCC4)n3)n2)cc1. The molecule has 0 unspecified atom stereocenters. The summed E-state index contributed by atoms with van der Waals surface area (Å²) in [6, 6.07) is 9.83. The Morgan fingerprint density at radius 3 is 2.00 bits per heavy atom. The Kier molecular flexibility index (Phi) is 7.20. The van der Waals surface area contributed by atoms with Crippen LogP contribution in [0, 0.1) is 0 Å². The van der Waals surface area contributed by atoms with Gasteiger partial charge in [0.1, 0.15) is 12.1 Å². The lowest BCUT2D eigenvalue weighted by Crippen LogP contribution is -2.34. The molecule has 0 radical (unpaired) electrons. The Morgan fingerprint density at radius 2 is 1.36 bits per heavy atom. The van der Waals surface area contributed by atoms with Gasteiger partial charge in [-0.3, -0.25) is 0 Å². The summed E-state index contributed by atoms with van der Waals surface area (Å²) in [6.45, 7) is 4.55. The quantitative estimate of drug-likeness (QED) is 0.365. The Hall–Kier alpha value is -2.88. The van der Waals surface area contributed by atoms with Crippen molar-refractivity contribution in [2.75, 3.05) is 48.3 Å². The highest BCUT2D eigenvalue weighted by molar-refractivity contribution is 7.99. The fourth-order valence-corrected chi connectivity index (χ4v) is 4.75. The number of anilines is 2. The minimum Gasteiger partial charge on any atom is -0.493 e. The lowest BCUT2D eigenvalue weighted by atomic mass is 10.1. The predicted octanol–water partition coefficient (Wildman–Crippen LogP) is 3.60. The van der Waals surface area contributed by atoms with E-state index in [1.807, 2.05) is 30.3 Å². The highest BCUT2D eigenvalue weighted by Crippen LogP contribution is 2.22. The fraction of sp³-hybridized carbons (Fsp3) is 0.522. The minimum absolute atomic E-state index is 0.533. The maximum Gasteiger partial charge on any atom is 0.258 e. The molecule has 3 aromatic rings. The first kappa shape index (κ1) is 21.9. The van der Waals surface area contributed by atoms with Gasteiger partial charge in [-0.25, -0.2) is 4.98 Å². The molecule has 2 aromatic heterocycles. The van der Waals surface area contributed by atoms with Gasteiger partial charge in [-0.1, -0.05) is 30.0 Å². The van der Waals surface area contributed by atoms with Crippen LogP contribution in [0.2, 0.25) is 0 Å². The van der Waals surface area contributed by atoms with Crippen LogP contribution in [0.5, 0.6) is 5.75 Å². The maximum atomic E-state index is 5.76. The van der Waals surface area contributed by atoms with Crippen LogP contribution in [0.1, 0.15) is 38.5 Å². The lowest BCUT2D eigenvalue weighted by Gasteiger charge is -2.30. The van der Waals surface area contributed by atoms with Crippen LogP contribution in [0.15, 0.2) is 41.8 Å². The number of ether oxygens (including phenoxy) is 1. The summed E-state index contributed by atoms with van der Waals surface area (Å²) < 4.78 is 7.43. The summed E-state index contributed by atoms with van der Waals surface area (Å²) in [5.41, 5.74) is 0. The molecular weight excluding hydrogens is 436 g/mol. The molecule has 174 valence electrons. The topological polar surface area (TPSA) is 85.1 Å². The van der Waals surface area contributed by atoms with Crippen LogP contribution in [0.4, 0.5) is 11.9 Å². The van der Waals surface area contributed by atoms with Crippen LogP contribution in [-0.4, -0.2) is 68.3 Å². The van der Waals surface area contributed by atoms with Crippen LogP contribution in [0.25, 0.3) is 5.95 Å². The van der Waals surface area contributed by atoms with Crippen LogP contribution >= 0.6 is 11.8 Å². The number of aromatic nitrogens is 6. The number of hydrogen-bond donors (Lipinski definition) is 0. The molecule has 1 aromatic carbocycles. The van der Waals surface area contributed by atoms with Gasteiger partial charge in [-0.2, -0.15) is 19.6 Å². The van der Waals surface area contributed by atoms with E-state index in [1.165, 1.54) is 38.5 Å². The summed E-state index contributed by atoms with van der Waals surface area (Å²) in [7, 11) is 0. The second-order valence-corrected chi connectivity index (χ2v) is 9.37. The van der Waals surface area contributed by atoms with Gasteiger partial charge in [-0.15, -0.1) is 5.10 Å². The third kappa shape index (κ3) is 5.73. The first-order valence-electron chi connectivity index (χ1n) is 11.8. The molecule has 0 amide bonds. The highest BCUT2D eigenvalue weighted by Gasteiger charge is 2.21. The van der Waals surface area contributed by atoms with E-state index in [4.69, 9.17) is 19.7 Å². The zero-order chi connectivity index (χ0) is 22.3. The largest absolute Gasteiger partial charge is 0.493 e. The van der Waals surface area contributed by atoms with Crippen molar-refractivity contribution in [2.24, 2.45) is 0 Å². The van der Waals surface area contributed by atoms with Crippen molar-refractivity contribution in [1.82, 2.24) is 29.7 Å². The zero-order valence-corrected chi connectivity index (χ0v) is 19.7. The normalized spacial score (nSPS) is 16.7. The Balaban J connectivity index is 1.29. The Bertz CT molecular complexity index is 982. The third-order valence-corrected chi connectivity index (χ3v) is 6.70. The molecule has 2 aliphatic heterocycles. The van der Waals surface area contributed by atoms with Gasteiger partial charge >= 0.3 is 0 Å². The van der Waals surface area contributed by atoms with Crippen molar-refractivity contribution in [3.8, 4) is 11.7 Å². The van der Waals surface area contributed by atoms with Gasteiger partial charge < -0.3 is 14.5 Å². The van der Waals surface area contributed by atoms with Gasteiger partial charge in [0.15, 0.2) is 0 Å². The molecule has 2 saturated heterocycles. The Morgan fingerprint density at radius 1 is 0.758 bits per heavy atom. The van der Waals surface area contributed by atoms with Crippen molar-refractivity contribution in [2.45, 2.75) is 43.7 Å². The number of nitrogens with zero attached hydrogens (tertiary/aromatic N) is 8. The molecule has 4 heterocycles. The van der Waals surface area contributed by atoms with E-state index < -0.39 is 0 Å². The summed E-state index contributed by atoms with van der Waals surface area (Å²) in [5.74, 6) is 3.67. The van der Waals surface area contributed by atoms with E-state index >= 15 is 0 Å². The first-order chi connectivity index (χ1) is 16.3. The van der Waals surface area contributed by atoms with E-state index in [0.717, 1.165) is 49.6 Å². The number of para-hydroxylation sites is 1. The first-order valence-corrected chi connectivity index (χ1v) is 12.8. The van der Waals surface area contributed by atoms with E-state index in [-0.39, 0.29) is 0 Å². The van der Waals surface area contributed by atoms with Crippen molar-refractivity contribution in [3.05, 3.63) is 36.7 Å². The number of benzene rings is 1. The van der Waals surface area contributed by atoms with Gasteiger partial charge in [-0.05, 0) is 50.7 Å². The second-order valence-electron chi connectivity index (χ2n) is 8.31. The second kappa shape index (κ2) is 10.8. The molecule has 0 aliphatic carbocycles. The predicted molar refractivity (Wildman–Crippen MR) is 130 cm³/mol. The molecule has 10 heteroatoms. The standard InChI is InChI=1S/C23H30N8OS/c1-4-10-19(11-5-1)32-16-17-33-23-24-18-31(28-23)22-26-20(29-12-6-2-7-13-29)25-21(27-22)30-14-8-3-9-15-30/h1,4-5,10-11,18H,2-3,6-9,12-17H2. The Labute approximate surface area is 198 Å². The molecule has 0 bridgehead atoms. The molecule has 33 heavy (non-hydrogen) atoms.